The molecule has 0 radical (unpaired) electrons. The highest BCUT2D eigenvalue weighted by Gasteiger charge is 2.05. The van der Waals surface area contributed by atoms with Crippen molar-refractivity contribution in [2.75, 3.05) is 58.7 Å². The minimum absolute atomic E-state index is 0.0506. The number of thioether (sulfide) groups is 1. The van der Waals surface area contributed by atoms with Gasteiger partial charge in [0.15, 0.2) is 5.96 Å². The van der Waals surface area contributed by atoms with Crippen molar-refractivity contribution < 1.29 is 9.53 Å². The molecular weight excluding hydrogens is 340 g/mol. The topological polar surface area (TPSA) is 132 Å². The number of guanidine groups is 1. The standard InChI is InChI=1S/C16H36N6O2S/c1-24-13-12-22(10-5-7-17)11-6-9-21-16(23)25-14-4-2-3-8-20-15(18)19/h2-14,17H2,1H3,(H,21,23)(H4,18,19,20). The van der Waals surface area contributed by atoms with Gasteiger partial charge in [-0.2, -0.15) is 0 Å². The highest BCUT2D eigenvalue weighted by atomic mass is 32.2. The van der Waals surface area contributed by atoms with Crippen molar-refractivity contribution in [1.82, 2.24) is 10.2 Å². The zero-order valence-corrected chi connectivity index (χ0v) is 16.4. The van der Waals surface area contributed by atoms with E-state index in [-0.39, 0.29) is 11.2 Å². The largest absolute Gasteiger partial charge is 0.383 e. The fourth-order valence-corrected chi connectivity index (χ4v) is 2.92. The molecule has 0 aliphatic heterocycles. The van der Waals surface area contributed by atoms with E-state index >= 15 is 0 Å². The van der Waals surface area contributed by atoms with E-state index in [9.17, 15) is 4.79 Å². The average molecular weight is 377 g/mol. The average Bonchev–Trinajstić information content (AvgIpc) is 2.59. The van der Waals surface area contributed by atoms with Crippen molar-refractivity contribution >= 4 is 23.0 Å². The Morgan fingerprint density at radius 2 is 1.88 bits per heavy atom. The van der Waals surface area contributed by atoms with Crippen molar-refractivity contribution in [3.8, 4) is 0 Å². The minimum Gasteiger partial charge on any atom is -0.383 e. The summed E-state index contributed by atoms with van der Waals surface area (Å²) in [5, 5.41) is 3.00. The molecule has 8 nitrogen and oxygen atoms in total. The Bertz CT molecular complexity index is 346. The third-order valence-electron chi connectivity index (χ3n) is 3.54. The van der Waals surface area contributed by atoms with Crippen LogP contribution in [-0.2, 0) is 4.74 Å². The van der Waals surface area contributed by atoms with E-state index in [1.54, 1.807) is 7.11 Å². The molecule has 0 aliphatic rings. The van der Waals surface area contributed by atoms with Crippen LogP contribution in [0, 0.1) is 0 Å². The van der Waals surface area contributed by atoms with E-state index in [0.717, 1.165) is 64.1 Å². The van der Waals surface area contributed by atoms with Gasteiger partial charge in [-0.1, -0.05) is 18.2 Å². The van der Waals surface area contributed by atoms with Crippen LogP contribution in [0.25, 0.3) is 0 Å². The number of rotatable bonds is 16. The summed E-state index contributed by atoms with van der Waals surface area (Å²) >= 11 is 1.34. The van der Waals surface area contributed by atoms with Gasteiger partial charge >= 0.3 is 0 Å². The lowest BCUT2D eigenvalue weighted by molar-refractivity contribution is 0.146. The predicted molar refractivity (Wildman–Crippen MR) is 107 cm³/mol. The summed E-state index contributed by atoms with van der Waals surface area (Å²) in [5.74, 6) is 0.960. The van der Waals surface area contributed by atoms with Gasteiger partial charge < -0.3 is 32.2 Å². The van der Waals surface area contributed by atoms with Crippen LogP contribution >= 0.6 is 11.8 Å². The fraction of sp³-hybridized carbons (Fsp3) is 0.875. The molecule has 0 aromatic carbocycles. The summed E-state index contributed by atoms with van der Waals surface area (Å²) in [4.78, 5) is 18.0. The molecule has 0 aliphatic carbocycles. The van der Waals surface area contributed by atoms with Crippen LogP contribution in [0.3, 0.4) is 0 Å². The van der Waals surface area contributed by atoms with Gasteiger partial charge in [0.1, 0.15) is 0 Å². The Labute approximate surface area is 156 Å². The molecule has 7 N–H and O–H groups in total. The molecule has 0 atom stereocenters. The van der Waals surface area contributed by atoms with Crippen LogP contribution in [0.1, 0.15) is 32.1 Å². The van der Waals surface area contributed by atoms with Gasteiger partial charge in [0, 0.05) is 32.5 Å². The number of amides is 1. The summed E-state index contributed by atoms with van der Waals surface area (Å²) in [6.45, 7) is 5.59. The molecule has 148 valence electrons. The van der Waals surface area contributed by atoms with E-state index in [4.69, 9.17) is 21.9 Å². The molecular formula is C16H36N6O2S. The molecule has 0 fully saturated rings. The molecule has 0 aromatic rings. The highest BCUT2D eigenvalue weighted by Crippen LogP contribution is 2.07. The number of ether oxygens (including phenoxy) is 1. The van der Waals surface area contributed by atoms with Gasteiger partial charge in [-0.15, -0.1) is 0 Å². The predicted octanol–water partition coefficient (Wildman–Crippen LogP) is 0.560. The maximum atomic E-state index is 11.8. The van der Waals surface area contributed by atoms with Gasteiger partial charge in [-0.05, 0) is 45.3 Å². The second kappa shape index (κ2) is 17.8. The van der Waals surface area contributed by atoms with Crippen molar-refractivity contribution in [3.05, 3.63) is 0 Å². The number of hydrogen-bond acceptors (Lipinski definition) is 6. The lowest BCUT2D eigenvalue weighted by atomic mass is 10.2. The second-order valence-corrected chi connectivity index (χ2v) is 6.83. The lowest BCUT2D eigenvalue weighted by Gasteiger charge is -2.21. The molecule has 0 rings (SSSR count). The van der Waals surface area contributed by atoms with Crippen molar-refractivity contribution in [2.45, 2.75) is 32.1 Å². The zero-order valence-electron chi connectivity index (χ0n) is 15.5. The van der Waals surface area contributed by atoms with Crippen LogP contribution in [0.5, 0.6) is 0 Å². The van der Waals surface area contributed by atoms with Crippen LogP contribution in [0.15, 0.2) is 4.99 Å². The van der Waals surface area contributed by atoms with Crippen LogP contribution in [0.2, 0.25) is 0 Å². The third-order valence-corrected chi connectivity index (χ3v) is 4.44. The first-order valence-electron chi connectivity index (χ1n) is 8.97. The van der Waals surface area contributed by atoms with E-state index in [0.29, 0.717) is 19.6 Å². The Morgan fingerprint density at radius 1 is 1.12 bits per heavy atom. The third kappa shape index (κ3) is 17.6. The number of unbranched alkanes of at least 4 members (excludes halogenated alkanes) is 2. The number of nitrogens with zero attached hydrogens (tertiary/aromatic N) is 2. The SMILES string of the molecule is COCCN(CCCN)CCCNC(=O)SCCCCCN=C(N)N. The first-order valence-corrected chi connectivity index (χ1v) is 9.96. The molecule has 0 saturated heterocycles. The Kier molecular flexibility index (Phi) is 17.0. The molecule has 1 amide bonds. The molecule has 25 heavy (non-hydrogen) atoms. The van der Waals surface area contributed by atoms with Gasteiger partial charge in [0.25, 0.3) is 5.24 Å². The summed E-state index contributed by atoms with van der Waals surface area (Å²) < 4.78 is 5.12. The smallest absolute Gasteiger partial charge is 0.279 e. The number of nitrogens with one attached hydrogen (secondary N) is 1. The minimum atomic E-state index is 0.0506. The first-order chi connectivity index (χ1) is 12.1. The maximum absolute atomic E-state index is 11.8. The maximum Gasteiger partial charge on any atom is 0.279 e. The van der Waals surface area contributed by atoms with Crippen LogP contribution in [-0.4, -0.2) is 74.8 Å². The number of carbonyl (C=O) groups excluding carboxylic acids is 1. The van der Waals surface area contributed by atoms with E-state index in [2.05, 4.69) is 15.2 Å². The van der Waals surface area contributed by atoms with Crippen molar-refractivity contribution in [3.63, 3.8) is 0 Å². The molecule has 0 unspecified atom stereocenters. The number of carbonyl (C=O) groups is 1. The number of aliphatic imine (C=N–C) groups is 1. The van der Waals surface area contributed by atoms with E-state index in [1.807, 2.05) is 0 Å². The Hall–Kier alpha value is -1.03. The number of methoxy groups -OCH3 is 1. The molecule has 0 heterocycles. The highest BCUT2D eigenvalue weighted by molar-refractivity contribution is 8.13. The molecule has 0 saturated carbocycles. The number of nitrogens with two attached hydrogens (primary N) is 3. The van der Waals surface area contributed by atoms with Crippen LogP contribution in [0.4, 0.5) is 4.79 Å². The molecule has 0 bridgehead atoms. The summed E-state index contributed by atoms with van der Waals surface area (Å²) in [7, 11) is 1.71. The second-order valence-electron chi connectivity index (χ2n) is 5.76. The van der Waals surface area contributed by atoms with E-state index in [1.165, 1.54) is 11.8 Å². The van der Waals surface area contributed by atoms with Gasteiger partial charge in [0.05, 0.1) is 6.61 Å². The quantitative estimate of drug-likeness (QED) is 0.176. The lowest BCUT2D eigenvalue weighted by Crippen LogP contribution is -2.32. The van der Waals surface area contributed by atoms with Gasteiger partial charge in [0.2, 0.25) is 0 Å². The fourth-order valence-electron chi connectivity index (χ4n) is 2.18. The molecule has 0 aromatic heterocycles. The van der Waals surface area contributed by atoms with Crippen LogP contribution < -0.4 is 22.5 Å². The summed E-state index contributed by atoms with van der Waals surface area (Å²) in [5.41, 5.74) is 16.1. The normalized spacial score (nSPS) is 10.8. The van der Waals surface area contributed by atoms with Gasteiger partial charge in [-0.25, -0.2) is 0 Å². The van der Waals surface area contributed by atoms with Crippen molar-refractivity contribution in [2.24, 2.45) is 22.2 Å². The molecule has 0 spiro atoms. The first kappa shape index (κ1) is 24.0. The zero-order chi connectivity index (χ0) is 18.8. The van der Waals surface area contributed by atoms with Crippen molar-refractivity contribution in [1.29, 1.82) is 0 Å². The molecule has 9 heteroatoms. The number of hydrogen-bond donors (Lipinski definition) is 4. The van der Waals surface area contributed by atoms with Gasteiger partial charge in [-0.3, -0.25) is 9.79 Å². The summed E-state index contributed by atoms with van der Waals surface area (Å²) in [6, 6.07) is 0. The Balaban J connectivity index is 3.58. The summed E-state index contributed by atoms with van der Waals surface area (Å²) in [6.07, 6.45) is 4.86. The van der Waals surface area contributed by atoms with E-state index < -0.39 is 0 Å². The Morgan fingerprint density at radius 3 is 2.56 bits per heavy atom. The monoisotopic (exact) mass is 376 g/mol.